The Hall–Kier alpha value is -0.190. The first-order valence-corrected chi connectivity index (χ1v) is 5.58. The summed E-state index contributed by atoms with van der Waals surface area (Å²) in [6.07, 6.45) is 1.90. The van der Waals surface area contributed by atoms with Gasteiger partial charge in [-0.15, -0.1) is 0 Å². The van der Waals surface area contributed by atoms with Crippen LogP contribution in [0, 0.1) is 0 Å². The Bertz CT molecular complexity index is 277. The van der Waals surface area contributed by atoms with Crippen molar-refractivity contribution in [3.05, 3.63) is 0 Å². The van der Waals surface area contributed by atoms with Crippen LogP contribution in [0.3, 0.4) is 0 Å². The number of amides is 1. The third kappa shape index (κ3) is 3.13. The second-order valence-electron chi connectivity index (χ2n) is 3.35. The van der Waals surface area contributed by atoms with E-state index < -0.39 is 21.7 Å². The molecular formula is C8H10Cl3NO3. The van der Waals surface area contributed by atoms with Gasteiger partial charge in [0.05, 0.1) is 0 Å². The predicted molar refractivity (Wildman–Crippen MR) is 57.3 cm³/mol. The van der Waals surface area contributed by atoms with Gasteiger partial charge in [0.15, 0.2) is 0 Å². The first kappa shape index (κ1) is 12.9. The van der Waals surface area contributed by atoms with E-state index in [0.29, 0.717) is 13.0 Å². The van der Waals surface area contributed by atoms with Gasteiger partial charge in [-0.2, -0.15) is 0 Å². The number of piperidine rings is 1. The normalized spacial score (nSPS) is 22.6. The standard InChI is InChI=1S/C8H10Cl3NO3/c9-8(10,11)7(15)12-4-2-1-3-5(12)6(13)14/h5H,1-4H2,(H,13,14)/t5-/m1/s1. The molecule has 1 aliphatic rings. The second kappa shape index (κ2) is 4.76. The fourth-order valence-corrected chi connectivity index (χ4v) is 1.92. The number of carbonyl (C=O) groups is 2. The molecule has 0 saturated carbocycles. The van der Waals surface area contributed by atoms with Gasteiger partial charge in [0.25, 0.3) is 9.70 Å². The minimum Gasteiger partial charge on any atom is -0.480 e. The van der Waals surface area contributed by atoms with Crippen molar-refractivity contribution in [1.82, 2.24) is 4.90 Å². The van der Waals surface area contributed by atoms with Gasteiger partial charge in [-0.05, 0) is 19.3 Å². The quantitative estimate of drug-likeness (QED) is 0.742. The van der Waals surface area contributed by atoms with Crippen LogP contribution >= 0.6 is 34.8 Å². The number of halogens is 3. The molecule has 0 unspecified atom stereocenters. The number of carbonyl (C=O) groups excluding carboxylic acids is 1. The molecule has 15 heavy (non-hydrogen) atoms. The highest BCUT2D eigenvalue weighted by Gasteiger charge is 2.41. The van der Waals surface area contributed by atoms with Crippen molar-refractivity contribution in [2.75, 3.05) is 6.54 Å². The summed E-state index contributed by atoms with van der Waals surface area (Å²) in [7, 11) is 0. The summed E-state index contributed by atoms with van der Waals surface area (Å²) in [5, 5.41) is 8.90. The van der Waals surface area contributed by atoms with Crippen LogP contribution in [0.4, 0.5) is 0 Å². The number of carboxylic acid groups (broad SMARTS) is 1. The molecule has 0 aromatic rings. The summed E-state index contributed by atoms with van der Waals surface area (Å²) in [4.78, 5) is 23.6. The van der Waals surface area contributed by atoms with Crippen molar-refractivity contribution in [3.8, 4) is 0 Å². The SMILES string of the molecule is O=C(O)[C@H]1CCCCN1C(=O)C(Cl)(Cl)Cl. The minimum absolute atomic E-state index is 0.323. The molecule has 1 N–H and O–H groups in total. The predicted octanol–water partition coefficient (Wildman–Crippen LogP) is 1.82. The highest BCUT2D eigenvalue weighted by atomic mass is 35.6. The first-order chi connectivity index (χ1) is 6.84. The van der Waals surface area contributed by atoms with Gasteiger partial charge >= 0.3 is 5.97 Å². The van der Waals surface area contributed by atoms with Crippen LogP contribution in [0.2, 0.25) is 0 Å². The molecule has 1 aliphatic heterocycles. The molecule has 0 bridgehead atoms. The Labute approximate surface area is 102 Å². The zero-order chi connectivity index (χ0) is 11.6. The maximum Gasteiger partial charge on any atom is 0.326 e. The highest BCUT2D eigenvalue weighted by molar-refractivity contribution is 6.76. The van der Waals surface area contributed by atoms with E-state index in [4.69, 9.17) is 39.9 Å². The number of rotatable bonds is 1. The minimum atomic E-state index is -2.08. The van der Waals surface area contributed by atoms with Crippen molar-refractivity contribution in [1.29, 1.82) is 0 Å². The van der Waals surface area contributed by atoms with E-state index >= 15 is 0 Å². The Morgan fingerprint density at radius 2 is 1.87 bits per heavy atom. The molecule has 1 rings (SSSR count). The van der Waals surface area contributed by atoms with Gasteiger partial charge in [-0.1, -0.05) is 34.8 Å². The molecule has 0 aromatic carbocycles. The molecule has 4 nitrogen and oxygen atoms in total. The number of hydrogen-bond acceptors (Lipinski definition) is 2. The Balaban J connectivity index is 2.81. The van der Waals surface area contributed by atoms with Gasteiger partial charge in [-0.25, -0.2) is 4.79 Å². The second-order valence-corrected chi connectivity index (χ2v) is 5.63. The molecule has 0 spiro atoms. The molecule has 1 fully saturated rings. The molecule has 1 atom stereocenters. The van der Waals surface area contributed by atoms with Gasteiger partial charge in [0.2, 0.25) is 0 Å². The van der Waals surface area contributed by atoms with E-state index in [1.54, 1.807) is 0 Å². The summed E-state index contributed by atoms with van der Waals surface area (Å²) in [5.41, 5.74) is 0. The van der Waals surface area contributed by atoms with Crippen molar-refractivity contribution in [2.24, 2.45) is 0 Å². The molecule has 0 aliphatic carbocycles. The van der Waals surface area contributed by atoms with Crippen LogP contribution in [0.5, 0.6) is 0 Å². The first-order valence-electron chi connectivity index (χ1n) is 4.44. The van der Waals surface area contributed by atoms with Crippen LogP contribution in [-0.2, 0) is 9.59 Å². The van der Waals surface area contributed by atoms with Crippen molar-refractivity contribution in [2.45, 2.75) is 29.1 Å². The number of carboxylic acids is 1. The van der Waals surface area contributed by atoms with E-state index in [9.17, 15) is 9.59 Å². The molecular weight excluding hydrogens is 264 g/mol. The lowest BCUT2D eigenvalue weighted by atomic mass is 10.0. The van der Waals surface area contributed by atoms with E-state index in [0.717, 1.165) is 17.7 Å². The lowest BCUT2D eigenvalue weighted by molar-refractivity contribution is -0.151. The van der Waals surface area contributed by atoms with Crippen LogP contribution in [-0.4, -0.2) is 38.3 Å². The summed E-state index contributed by atoms with van der Waals surface area (Å²) < 4.78 is -2.08. The van der Waals surface area contributed by atoms with E-state index in [-0.39, 0.29) is 0 Å². The van der Waals surface area contributed by atoms with Gasteiger partial charge in [0, 0.05) is 6.54 Å². The van der Waals surface area contributed by atoms with E-state index in [1.165, 1.54) is 0 Å². The molecule has 1 saturated heterocycles. The Kier molecular flexibility index (Phi) is 4.09. The summed E-state index contributed by atoms with van der Waals surface area (Å²) >= 11 is 16.3. The number of alkyl halides is 3. The maximum absolute atomic E-state index is 11.6. The third-order valence-electron chi connectivity index (χ3n) is 2.29. The highest BCUT2D eigenvalue weighted by Crippen LogP contribution is 2.31. The van der Waals surface area contributed by atoms with Crippen LogP contribution in [0.15, 0.2) is 0 Å². The van der Waals surface area contributed by atoms with Crippen LogP contribution < -0.4 is 0 Å². The summed E-state index contributed by atoms with van der Waals surface area (Å²) in [6.45, 7) is 0.323. The van der Waals surface area contributed by atoms with Crippen LogP contribution in [0.1, 0.15) is 19.3 Å². The molecule has 0 aromatic heterocycles. The van der Waals surface area contributed by atoms with Gasteiger partial charge < -0.3 is 10.0 Å². The largest absolute Gasteiger partial charge is 0.480 e. The zero-order valence-corrected chi connectivity index (χ0v) is 10.0. The number of hydrogen-bond donors (Lipinski definition) is 1. The Morgan fingerprint density at radius 1 is 1.27 bits per heavy atom. The van der Waals surface area contributed by atoms with Crippen molar-refractivity contribution < 1.29 is 14.7 Å². The average molecular weight is 275 g/mol. The Morgan fingerprint density at radius 3 is 2.33 bits per heavy atom. The monoisotopic (exact) mass is 273 g/mol. The lowest BCUT2D eigenvalue weighted by Gasteiger charge is -2.34. The number of nitrogens with zero attached hydrogens (tertiary/aromatic N) is 1. The van der Waals surface area contributed by atoms with E-state index in [1.807, 2.05) is 0 Å². The fraction of sp³-hybridized carbons (Fsp3) is 0.750. The van der Waals surface area contributed by atoms with Crippen LogP contribution in [0.25, 0.3) is 0 Å². The van der Waals surface area contributed by atoms with Crippen molar-refractivity contribution >= 4 is 46.7 Å². The molecule has 0 radical (unpaired) electrons. The van der Waals surface area contributed by atoms with E-state index in [2.05, 4.69) is 0 Å². The summed E-state index contributed by atoms with van der Waals surface area (Å²) in [5.74, 6) is -1.82. The fourth-order valence-electron chi connectivity index (χ4n) is 1.59. The topological polar surface area (TPSA) is 57.6 Å². The maximum atomic E-state index is 11.6. The molecule has 1 amide bonds. The number of likely N-dealkylation sites (tertiary alicyclic amines) is 1. The lowest BCUT2D eigenvalue weighted by Crippen LogP contribution is -2.51. The molecule has 7 heteroatoms. The van der Waals surface area contributed by atoms with Crippen molar-refractivity contribution in [3.63, 3.8) is 0 Å². The average Bonchev–Trinajstić information content (AvgIpc) is 2.15. The smallest absolute Gasteiger partial charge is 0.326 e. The zero-order valence-electron chi connectivity index (χ0n) is 7.75. The molecule has 1 heterocycles. The van der Waals surface area contributed by atoms with Gasteiger partial charge in [0.1, 0.15) is 6.04 Å². The third-order valence-corrected chi connectivity index (χ3v) is 2.78. The number of aliphatic carboxylic acids is 1. The summed E-state index contributed by atoms with van der Waals surface area (Å²) in [6, 6.07) is -0.873. The molecule has 86 valence electrons. The van der Waals surface area contributed by atoms with Gasteiger partial charge in [-0.3, -0.25) is 4.79 Å².